The first-order chi connectivity index (χ1) is 8.08. The van der Waals surface area contributed by atoms with Gasteiger partial charge in [-0.1, -0.05) is 11.6 Å². The Morgan fingerprint density at radius 1 is 1.41 bits per heavy atom. The second-order valence-corrected chi connectivity index (χ2v) is 6.34. The Labute approximate surface area is 118 Å². The van der Waals surface area contributed by atoms with Gasteiger partial charge in [0.15, 0.2) is 0 Å². The fraction of sp³-hybridized carbons (Fsp3) is 0.250. The smallest absolute Gasteiger partial charge is 0.141 e. The van der Waals surface area contributed by atoms with Crippen molar-refractivity contribution in [2.24, 2.45) is 0 Å². The van der Waals surface area contributed by atoms with Crippen LogP contribution in [0.1, 0.15) is 23.4 Å². The van der Waals surface area contributed by atoms with E-state index in [0.29, 0.717) is 0 Å². The molecule has 17 heavy (non-hydrogen) atoms. The minimum atomic E-state index is 0.193. The van der Waals surface area contributed by atoms with E-state index in [2.05, 4.69) is 33.2 Å². The third-order valence-electron chi connectivity index (χ3n) is 2.46. The van der Waals surface area contributed by atoms with Gasteiger partial charge in [0.05, 0.1) is 14.9 Å². The van der Waals surface area contributed by atoms with Crippen molar-refractivity contribution in [3.05, 3.63) is 43.6 Å². The molecule has 0 aliphatic rings. The summed E-state index contributed by atoms with van der Waals surface area (Å²) in [6.45, 7) is 4.14. The summed E-state index contributed by atoms with van der Waals surface area (Å²) >= 11 is 11.1. The summed E-state index contributed by atoms with van der Waals surface area (Å²) < 4.78 is 1.82. The minimum Gasteiger partial charge on any atom is -0.362 e. The molecule has 2 rings (SSSR count). The van der Waals surface area contributed by atoms with Crippen LogP contribution in [0.4, 0.5) is 5.82 Å². The quantitative estimate of drug-likeness (QED) is 0.852. The van der Waals surface area contributed by atoms with Crippen LogP contribution in [-0.2, 0) is 0 Å². The molecule has 5 heteroatoms. The Bertz CT molecular complexity index is 527. The summed E-state index contributed by atoms with van der Waals surface area (Å²) in [5.74, 6) is 0.863. The standard InChI is InChI=1S/C12H12BrClN2S/c1-7-5-6-15-12(11(7)13)16-8(2)9-3-4-10(14)17-9/h3-6,8H,1-2H3,(H,15,16). The molecule has 0 aromatic carbocycles. The number of pyridine rings is 1. The van der Waals surface area contributed by atoms with Gasteiger partial charge in [0.25, 0.3) is 0 Å². The van der Waals surface area contributed by atoms with Crippen LogP contribution in [0.15, 0.2) is 28.9 Å². The molecule has 0 fully saturated rings. The average Bonchev–Trinajstić information content (AvgIpc) is 2.72. The van der Waals surface area contributed by atoms with Gasteiger partial charge in [0, 0.05) is 11.1 Å². The van der Waals surface area contributed by atoms with Gasteiger partial charge in [0.1, 0.15) is 5.82 Å². The number of nitrogens with zero attached hydrogens (tertiary/aromatic N) is 1. The Morgan fingerprint density at radius 2 is 2.18 bits per heavy atom. The normalized spacial score (nSPS) is 12.5. The Hall–Kier alpha value is -0.580. The predicted octanol–water partition coefficient (Wildman–Crippen LogP) is 5.04. The molecule has 2 heterocycles. The van der Waals surface area contributed by atoms with Gasteiger partial charge in [-0.25, -0.2) is 4.98 Å². The molecule has 2 aromatic heterocycles. The number of halogens is 2. The lowest BCUT2D eigenvalue weighted by Gasteiger charge is -2.14. The highest BCUT2D eigenvalue weighted by Crippen LogP contribution is 2.31. The van der Waals surface area contributed by atoms with Gasteiger partial charge in [0.2, 0.25) is 0 Å². The highest BCUT2D eigenvalue weighted by Gasteiger charge is 2.11. The summed E-state index contributed by atoms with van der Waals surface area (Å²) in [5.41, 5.74) is 1.17. The van der Waals surface area contributed by atoms with Crippen LogP contribution in [0, 0.1) is 6.92 Å². The molecule has 0 radical (unpaired) electrons. The summed E-state index contributed by atoms with van der Waals surface area (Å²) in [5, 5.41) is 3.37. The Kier molecular flexibility index (Phi) is 4.07. The Morgan fingerprint density at radius 3 is 2.82 bits per heavy atom. The monoisotopic (exact) mass is 330 g/mol. The molecular weight excluding hydrogens is 320 g/mol. The van der Waals surface area contributed by atoms with Crippen LogP contribution in [0.3, 0.4) is 0 Å². The van der Waals surface area contributed by atoms with Crippen molar-refractivity contribution in [3.8, 4) is 0 Å². The van der Waals surface area contributed by atoms with E-state index < -0.39 is 0 Å². The van der Waals surface area contributed by atoms with Crippen molar-refractivity contribution in [2.75, 3.05) is 5.32 Å². The van der Waals surface area contributed by atoms with E-state index in [9.17, 15) is 0 Å². The molecule has 0 saturated carbocycles. The number of aromatic nitrogens is 1. The molecular formula is C12H12BrClN2S. The molecule has 1 atom stereocenters. The van der Waals surface area contributed by atoms with E-state index in [4.69, 9.17) is 11.6 Å². The van der Waals surface area contributed by atoms with Crippen molar-refractivity contribution >= 4 is 44.7 Å². The molecule has 90 valence electrons. The van der Waals surface area contributed by atoms with Crippen LogP contribution < -0.4 is 5.32 Å². The largest absolute Gasteiger partial charge is 0.362 e. The first-order valence-corrected chi connectivity index (χ1v) is 7.19. The maximum atomic E-state index is 5.93. The van der Waals surface area contributed by atoms with Crippen molar-refractivity contribution in [1.29, 1.82) is 0 Å². The lowest BCUT2D eigenvalue weighted by molar-refractivity contribution is 0.893. The van der Waals surface area contributed by atoms with Crippen LogP contribution in [0.25, 0.3) is 0 Å². The third-order valence-corrected chi connectivity index (χ3v) is 4.87. The first-order valence-electron chi connectivity index (χ1n) is 5.21. The van der Waals surface area contributed by atoms with E-state index in [1.807, 2.05) is 25.1 Å². The molecule has 0 saturated heterocycles. The summed E-state index contributed by atoms with van der Waals surface area (Å²) in [7, 11) is 0. The maximum Gasteiger partial charge on any atom is 0.141 e. The van der Waals surface area contributed by atoms with E-state index in [-0.39, 0.29) is 6.04 Å². The number of aryl methyl sites for hydroxylation is 1. The second kappa shape index (κ2) is 5.38. The van der Waals surface area contributed by atoms with Crippen molar-refractivity contribution in [1.82, 2.24) is 4.98 Å². The number of hydrogen-bond donors (Lipinski definition) is 1. The highest BCUT2D eigenvalue weighted by atomic mass is 79.9. The van der Waals surface area contributed by atoms with Crippen LogP contribution in [0.5, 0.6) is 0 Å². The van der Waals surface area contributed by atoms with Crippen LogP contribution in [-0.4, -0.2) is 4.98 Å². The maximum absolute atomic E-state index is 5.93. The van der Waals surface area contributed by atoms with Crippen molar-refractivity contribution < 1.29 is 0 Å². The zero-order chi connectivity index (χ0) is 12.4. The van der Waals surface area contributed by atoms with Crippen LogP contribution >= 0.6 is 38.9 Å². The molecule has 1 N–H and O–H groups in total. The highest BCUT2D eigenvalue weighted by molar-refractivity contribution is 9.10. The summed E-state index contributed by atoms with van der Waals surface area (Å²) in [4.78, 5) is 5.52. The van der Waals surface area contributed by atoms with Crippen LogP contribution in [0.2, 0.25) is 4.34 Å². The Balaban J connectivity index is 2.18. The van der Waals surface area contributed by atoms with Gasteiger partial charge >= 0.3 is 0 Å². The molecule has 0 amide bonds. The predicted molar refractivity (Wildman–Crippen MR) is 78.0 cm³/mol. The number of nitrogens with one attached hydrogen (secondary N) is 1. The minimum absolute atomic E-state index is 0.193. The first kappa shape index (κ1) is 12.9. The molecule has 0 aliphatic carbocycles. The van der Waals surface area contributed by atoms with Gasteiger partial charge in [-0.3, -0.25) is 0 Å². The molecule has 2 nitrogen and oxygen atoms in total. The van der Waals surface area contributed by atoms with E-state index in [1.54, 1.807) is 17.5 Å². The molecule has 0 spiro atoms. The van der Waals surface area contributed by atoms with Crippen molar-refractivity contribution in [2.45, 2.75) is 19.9 Å². The number of hydrogen-bond acceptors (Lipinski definition) is 3. The van der Waals surface area contributed by atoms with Gasteiger partial charge in [-0.05, 0) is 53.5 Å². The zero-order valence-electron chi connectivity index (χ0n) is 9.50. The lowest BCUT2D eigenvalue weighted by atomic mass is 10.2. The SMILES string of the molecule is Cc1ccnc(NC(C)c2ccc(Cl)s2)c1Br. The third kappa shape index (κ3) is 3.00. The molecule has 0 aliphatic heterocycles. The fourth-order valence-corrected chi connectivity index (χ4v) is 2.89. The average molecular weight is 332 g/mol. The molecule has 0 bridgehead atoms. The summed E-state index contributed by atoms with van der Waals surface area (Å²) in [6.07, 6.45) is 1.80. The number of anilines is 1. The van der Waals surface area contributed by atoms with E-state index in [0.717, 1.165) is 14.6 Å². The van der Waals surface area contributed by atoms with Crippen molar-refractivity contribution in [3.63, 3.8) is 0 Å². The topological polar surface area (TPSA) is 24.9 Å². The molecule has 2 aromatic rings. The zero-order valence-corrected chi connectivity index (χ0v) is 12.7. The van der Waals surface area contributed by atoms with Gasteiger partial charge in [-0.15, -0.1) is 11.3 Å². The fourth-order valence-electron chi connectivity index (χ4n) is 1.48. The van der Waals surface area contributed by atoms with Gasteiger partial charge < -0.3 is 5.32 Å². The summed E-state index contributed by atoms with van der Waals surface area (Å²) in [6, 6.07) is 6.12. The second-order valence-electron chi connectivity index (χ2n) is 3.80. The van der Waals surface area contributed by atoms with E-state index in [1.165, 1.54) is 10.4 Å². The van der Waals surface area contributed by atoms with E-state index >= 15 is 0 Å². The van der Waals surface area contributed by atoms with Gasteiger partial charge in [-0.2, -0.15) is 0 Å². The molecule has 1 unspecified atom stereocenters. The lowest BCUT2D eigenvalue weighted by Crippen LogP contribution is -2.07. The number of rotatable bonds is 3. The number of thiophene rings is 1.